The molecule has 1 aromatic heterocycles. The van der Waals surface area contributed by atoms with Crippen LogP contribution in [0.1, 0.15) is 23.0 Å². The van der Waals surface area contributed by atoms with Gasteiger partial charge in [-0.3, -0.25) is 9.59 Å². The third-order valence-corrected chi connectivity index (χ3v) is 5.44. The number of aryl methyl sites for hydroxylation is 1. The lowest BCUT2D eigenvalue weighted by Crippen LogP contribution is -2.37. The fraction of sp³-hybridized carbons (Fsp3) is 0.294. The number of benzene rings is 1. The molecular weight excluding hydrogens is 388 g/mol. The number of esters is 1. The quantitative estimate of drug-likeness (QED) is 0.379. The largest absolute Gasteiger partial charge is 0.462 e. The molecule has 2 heterocycles. The highest BCUT2D eigenvalue weighted by Gasteiger charge is 2.24. The standard InChI is InChI=1S/C17H18N4O4S2/c1-3-25-15(24)10-4-5-11-12(7-10)27-17(19-11)21-14(23)8-26-16-18-9(2)6-13(22)20-16/h4-7,17,19H,3,8H2,1-2H3,(H,21,23)(H,18,20,22). The molecule has 1 unspecified atom stereocenters. The highest BCUT2D eigenvalue weighted by Crippen LogP contribution is 2.38. The molecule has 0 spiro atoms. The second-order valence-electron chi connectivity index (χ2n) is 5.62. The monoisotopic (exact) mass is 406 g/mol. The maximum absolute atomic E-state index is 12.2. The maximum atomic E-state index is 12.2. The zero-order chi connectivity index (χ0) is 19.4. The highest BCUT2D eigenvalue weighted by atomic mass is 32.2. The van der Waals surface area contributed by atoms with Gasteiger partial charge in [0, 0.05) is 16.7 Å². The number of aromatic nitrogens is 2. The van der Waals surface area contributed by atoms with Crippen LogP contribution in [0, 0.1) is 6.92 Å². The number of hydrogen-bond acceptors (Lipinski definition) is 8. The lowest BCUT2D eigenvalue weighted by Gasteiger charge is -2.12. The van der Waals surface area contributed by atoms with Crippen LogP contribution in [0.2, 0.25) is 0 Å². The fourth-order valence-corrected chi connectivity index (χ4v) is 4.20. The predicted octanol–water partition coefficient (Wildman–Crippen LogP) is 1.96. The number of rotatable bonds is 6. The number of anilines is 1. The van der Waals surface area contributed by atoms with Gasteiger partial charge < -0.3 is 20.4 Å². The van der Waals surface area contributed by atoms with Gasteiger partial charge in [-0.2, -0.15) is 0 Å². The lowest BCUT2D eigenvalue weighted by atomic mass is 10.2. The molecule has 10 heteroatoms. The average molecular weight is 406 g/mol. The van der Waals surface area contributed by atoms with Crippen LogP contribution < -0.4 is 16.2 Å². The van der Waals surface area contributed by atoms with Crippen molar-refractivity contribution in [2.75, 3.05) is 17.7 Å². The van der Waals surface area contributed by atoms with Crippen molar-refractivity contribution < 1.29 is 14.3 Å². The Balaban J connectivity index is 1.54. The molecule has 27 heavy (non-hydrogen) atoms. The molecule has 1 aliphatic heterocycles. The van der Waals surface area contributed by atoms with Crippen molar-refractivity contribution in [3.05, 3.63) is 45.9 Å². The number of ether oxygens (including phenoxy) is 1. The van der Waals surface area contributed by atoms with Gasteiger partial charge in [-0.05, 0) is 32.0 Å². The number of thioether (sulfide) groups is 2. The van der Waals surface area contributed by atoms with Gasteiger partial charge in [-0.25, -0.2) is 9.78 Å². The number of H-pyrrole nitrogens is 1. The van der Waals surface area contributed by atoms with E-state index in [4.69, 9.17) is 4.74 Å². The predicted molar refractivity (Wildman–Crippen MR) is 104 cm³/mol. The van der Waals surface area contributed by atoms with Crippen LogP contribution in [0.25, 0.3) is 0 Å². The Morgan fingerprint density at radius 2 is 2.19 bits per heavy atom. The second kappa shape index (κ2) is 8.49. The van der Waals surface area contributed by atoms with E-state index in [9.17, 15) is 14.4 Å². The van der Waals surface area contributed by atoms with Crippen molar-refractivity contribution in [3.8, 4) is 0 Å². The zero-order valence-corrected chi connectivity index (χ0v) is 16.3. The van der Waals surface area contributed by atoms with Gasteiger partial charge >= 0.3 is 5.97 Å². The minimum atomic E-state index is -0.371. The summed E-state index contributed by atoms with van der Waals surface area (Å²) in [5.41, 5.74) is 1.33. The number of hydrogen-bond donors (Lipinski definition) is 3. The molecule has 0 saturated carbocycles. The molecule has 0 aliphatic carbocycles. The zero-order valence-electron chi connectivity index (χ0n) is 14.7. The first-order valence-corrected chi connectivity index (χ1v) is 10.1. The molecule has 0 fully saturated rings. The van der Waals surface area contributed by atoms with Crippen LogP contribution >= 0.6 is 23.5 Å². The Hall–Kier alpha value is -2.46. The first-order valence-electron chi connectivity index (χ1n) is 8.19. The van der Waals surface area contributed by atoms with E-state index < -0.39 is 0 Å². The Morgan fingerprint density at radius 3 is 2.93 bits per heavy atom. The molecule has 8 nitrogen and oxygen atoms in total. The summed E-state index contributed by atoms with van der Waals surface area (Å²) in [6.07, 6.45) is 0. The van der Waals surface area contributed by atoms with E-state index in [-0.39, 0.29) is 28.7 Å². The lowest BCUT2D eigenvalue weighted by molar-refractivity contribution is -0.118. The van der Waals surface area contributed by atoms with Gasteiger partial charge in [0.25, 0.3) is 5.56 Å². The maximum Gasteiger partial charge on any atom is 0.338 e. The molecule has 3 N–H and O–H groups in total. The fourth-order valence-electron chi connectivity index (χ4n) is 2.39. The Morgan fingerprint density at radius 1 is 1.37 bits per heavy atom. The summed E-state index contributed by atoms with van der Waals surface area (Å²) >= 11 is 2.57. The topological polar surface area (TPSA) is 113 Å². The Kier molecular flexibility index (Phi) is 6.07. The van der Waals surface area contributed by atoms with Gasteiger partial charge in [-0.1, -0.05) is 23.5 Å². The highest BCUT2D eigenvalue weighted by molar-refractivity contribution is 8.00. The van der Waals surface area contributed by atoms with E-state index in [1.807, 2.05) is 0 Å². The number of carbonyl (C=O) groups is 2. The van der Waals surface area contributed by atoms with E-state index in [0.29, 0.717) is 23.0 Å². The number of amides is 1. The van der Waals surface area contributed by atoms with Gasteiger partial charge in [0.05, 0.1) is 23.6 Å². The Labute approximate surface area is 163 Å². The molecule has 2 aromatic rings. The van der Waals surface area contributed by atoms with Crippen LogP contribution in [0.15, 0.2) is 39.1 Å². The molecule has 0 bridgehead atoms. The molecule has 0 saturated heterocycles. The first-order chi connectivity index (χ1) is 12.9. The minimum Gasteiger partial charge on any atom is -0.462 e. The number of carbonyl (C=O) groups excluding carboxylic acids is 2. The van der Waals surface area contributed by atoms with E-state index in [1.54, 1.807) is 32.0 Å². The first kappa shape index (κ1) is 19.3. The molecular formula is C17H18N4O4S2. The molecule has 1 aliphatic rings. The average Bonchev–Trinajstić information content (AvgIpc) is 3.00. The molecule has 1 amide bonds. The summed E-state index contributed by atoms with van der Waals surface area (Å²) in [6, 6.07) is 6.61. The number of aromatic amines is 1. The van der Waals surface area contributed by atoms with Crippen LogP contribution in [0.3, 0.4) is 0 Å². The summed E-state index contributed by atoms with van der Waals surface area (Å²) in [4.78, 5) is 43.0. The smallest absolute Gasteiger partial charge is 0.338 e. The van der Waals surface area contributed by atoms with E-state index in [0.717, 1.165) is 22.3 Å². The summed E-state index contributed by atoms with van der Waals surface area (Å²) in [5.74, 6) is -0.452. The Bertz CT molecular complexity index is 931. The third-order valence-electron chi connectivity index (χ3n) is 3.50. The molecule has 3 rings (SSSR count). The van der Waals surface area contributed by atoms with Gasteiger partial charge in [-0.15, -0.1) is 0 Å². The van der Waals surface area contributed by atoms with Crippen LogP contribution in [0.4, 0.5) is 5.69 Å². The summed E-state index contributed by atoms with van der Waals surface area (Å²) in [7, 11) is 0. The van der Waals surface area contributed by atoms with Crippen LogP contribution in [-0.4, -0.2) is 39.7 Å². The van der Waals surface area contributed by atoms with Gasteiger partial charge in [0.1, 0.15) is 0 Å². The molecule has 1 aromatic carbocycles. The van der Waals surface area contributed by atoms with Crippen molar-refractivity contribution in [1.82, 2.24) is 15.3 Å². The normalized spacial score (nSPS) is 15.0. The summed E-state index contributed by atoms with van der Waals surface area (Å²) < 4.78 is 5.00. The number of nitrogens with zero attached hydrogens (tertiary/aromatic N) is 1. The van der Waals surface area contributed by atoms with E-state index in [2.05, 4.69) is 20.6 Å². The SMILES string of the molecule is CCOC(=O)c1ccc2c(c1)SC(NC(=O)CSc1nc(C)cc(=O)[nH]1)N2. The number of nitrogens with one attached hydrogen (secondary N) is 3. The summed E-state index contributed by atoms with van der Waals surface area (Å²) in [5, 5.41) is 6.44. The molecule has 1 atom stereocenters. The van der Waals surface area contributed by atoms with Crippen LogP contribution in [-0.2, 0) is 9.53 Å². The van der Waals surface area contributed by atoms with Crippen molar-refractivity contribution in [2.24, 2.45) is 0 Å². The second-order valence-corrected chi connectivity index (χ2v) is 7.73. The molecule has 0 radical (unpaired) electrons. The minimum absolute atomic E-state index is 0.121. The summed E-state index contributed by atoms with van der Waals surface area (Å²) in [6.45, 7) is 3.80. The van der Waals surface area contributed by atoms with Crippen LogP contribution in [0.5, 0.6) is 0 Å². The number of fused-ring (bicyclic) bond motifs is 1. The van der Waals surface area contributed by atoms with Gasteiger partial charge in [0.15, 0.2) is 10.7 Å². The van der Waals surface area contributed by atoms with E-state index >= 15 is 0 Å². The molecule has 142 valence electrons. The van der Waals surface area contributed by atoms with E-state index in [1.165, 1.54) is 17.8 Å². The third kappa shape index (κ3) is 5.04. The van der Waals surface area contributed by atoms with Gasteiger partial charge in [0.2, 0.25) is 5.91 Å². The van der Waals surface area contributed by atoms with Crippen molar-refractivity contribution in [2.45, 2.75) is 29.4 Å². The van der Waals surface area contributed by atoms with Crippen molar-refractivity contribution in [1.29, 1.82) is 0 Å². The van der Waals surface area contributed by atoms with Crippen molar-refractivity contribution >= 4 is 41.1 Å². The van der Waals surface area contributed by atoms with Crippen molar-refractivity contribution in [3.63, 3.8) is 0 Å².